The maximum Gasteiger partial charge on any atom is 0.264 e. The predicted octanol–water partition coefficient (Wildman–Crippen LogP) is 1.23. The molecule has 0 saturated carbocycles. The molecule has 0 atom stereocenters. The highest BCUT2D eigenvalue weighted by atomic mass is 32.2. The summed E-state index contributed by atoms with van der Waals surface area (Å²) < 4.78 is 26.9. The van der Waals surface area contributed by atoms with Crippen LogP contribution in [0.1, 0.15) is 5.69 Å². The molecular weight excluding hydrogens is 290 g/mol. The molecule has 7 nitrogen and oxygen atoms in total. The fourth-order valence-electron chi connectivity index (χ4n) is 1.65. The van der Waals surface area contributed by atoms with Crippen molar-refractivity contribution < 1.29 is 8.42 Å². The van der Waals surface area contributed by atoms with Crippen LogP contribution in [-0.4, -0.2) is 32.5 Å². The zero-order valence-electron chi connectivity index (χ0n) is 12.0. The normalized spacial score (nSPS) is 11.2. The minimum atomic E-state index is -3.74. The highest BCUT2D eigenvalue weighted by molar-refractivity contribution is 7.92. The van der Waals surface area contributed by atoms with Crippen molar-refractivity contribution in [3.05, 3.63) is 36.0 Å². The number of nitrogens with zero attached hydrogens (tertiary/aromatic N) is 3. The Labute approximate surface area is 123 Å². The molecular formula is C13H17N5O2S. The summed E-state index contributed by atoms with van der Waals surface area (Å²) in [6.07, 6.45) is 0. The van der Waals surface area contributed by atoms with Crippen molar-refractivity contribution in [2.75, 3.05) is 29.5 Å². The minimum Gasteiger partial charge on any atom is -0.399 e. The van der Waals surface area contributed by atoms with Crippen molar-refractivity contribution >= 4 is 27.5 Å². The third-order valence-electron chi connectivity index (χ3n) is 2.71. The molecule has 0 aliphatic rings. The van der Waals surface area contributed by atoms with E-state index in [1.165, 1.54) is 24.3 Å². The van der Waals surface area contributed by atoms with E-state index < -0.39 is 10.0 Å². The van der Waals surface area contributed by atoms with Gasteiger partial charge in [0.25, 0.3) is 10.0 Å². The van der Waals surface area contributed by atoms with Gasteiger partial charge in [0, 0.05) is 31.5 Å². The number of sulfonamides is 1. The lowest BCUT2D eigenvalue weighted by Crippen LogP contribution is -2.18. The number of rotatable bonds is 4. The van der Waals surface area contributed by atoms with Crippen LogP contribution in [-0.2, 0) is 10.0 Å². The Kier molecular flexibility index (Phi) is 3.99. The average Bonchev–Trinajstić information content (AvgIpc) is 2.37. The van der Waals surface area contributed by atoms with Crippen molar-refractivity contribution in [2.24, 2.45) is 0 Å². The van der Waals surface area contributed by atoms with E-state index in [-0.39, 0.29) is 10.8 Å². The second-order valence-electron chi connectivity index (χ2n) is 4.76. The lowest BCUT2D eigenvalue weighted by molar-refractivity contribution is 0.601. The van der Waals surface area contributed by atoms with Gasteiger partial charge < -0.3 is 10.6 Å². The number of nitrogens with one attached hydrogen (secondary N) is 1. The van der Waals surface area contributed by atoms with Crippen LogP contribution < -0.4 is 15.4 Å². The minimum absolute atomic E-state index is 0.0375. The Bertz CT molecular complexity index is 742. The van der Waals surface area contributed by atoms with Crippen LogP contribution in [0.5, 0.6) is 0 Å². The molecule has 0 amide bonds. The monoisotopic (exact) mass is 307 g/mol. The maximum atomic E-state index is 12.3. The number of benzene rings is 1. The van der Waals surface area contributed by atoms with Gasteiger partial charge in [-0.15, -0.1) is 0 Å². The number of aromatic nitrogens is 2. The van der Waals surface area contributed by atoms with Crippen molar-refractivity contribution in [3.63, 3.8) is 0 Å². The lowest BCUT2D eigenvalue weighted by atomic mass is 10.3. The summed E-state index contributed by atoms with van der Waals surface area (Å²) in [4.78, 5) is 10.1. The summed E-state index contributed by atoms with van der Waals surface area (Å²) in [7, 11) is -0.0994. The highest BCUT2D eigenvalue weighted by Crippen LogP contribution is 2.17. The summed E-state index contributed by atoms with van der Waals surface area (Å²) in [6, 6.07) is 7.68. The Hall–Kier alpha value is -2.35. The first kappa shape index (κ1) is 15.0. The molecule has 0 fully saturated rings. The van der Waals surface area contributed by atoms with Gasteiger partial charge in [0.05, 0.1) is 4.90 Å². The molecule has 1 aromatic carbocycles. The van der Waals surface area contributed by atoms with E-state index in [9.17, 15) is 8.42 Å². The second kappa shape index (κ2) is 5.57. The molecule has 0 aliphatic heterocycles. The van der Waals surface area contributed by atoms with Crippen molar-refractivity contribution in [3.8, 4) is 0 Å². The number of aryl methyl sites for hydroxylation is 1. The van der Waals surface area contributed by atoms with Crippen LogP contribution in [0.4, 0.5) is 17.5 Å². The van der Waals surface area contributed by atoms with E-state index in [2.05, 4.69) is 14.7 Å². The van der Waals surface area contributed by atoms with Gasteiger partial charge in [-0.1, -0.05) is 0 Å². The first-order valence-corrected chi connectivity index (χ1v) is 7.67. The van der Waals surface area contributed by atoms with Gasteiger partial charge >= 0.3 is 0 Å². The fourth-order valence-corrected chi connectivity index (χ4v) is 2.60. The van der Waals surface area contributed by atoms with Crippen LogP contribution in [0.15, 0.2) is 35.2 Å². The summed E-state index contributed by atoms with van der Waals surface area (Å²) in [5, 5.41) is 0. The molecule has 0 aliphatic carbocycles. The molecule has 0 radical (unpaired) electrons. The van der Waals surface area contributed by atoms with E-state index in [4.69, 9.17) is 5.73 Å². The van der Waals surface area contributed by atoms with E-state index in [0.717, 1.165) is 0 Å². The van der Waals surface area contributed by atoms with Gasteiger partial charge in [0.15, 0.2) is 0 Å². The Morgan fingerprint density at radius 1 is 1.14 bits per heavy atom. The summed E-state index contributed by atoms with van der Waals surface area (Å²) >= 11 is 0. The molecule has 0 unspecified atom stereocenters. The molecule has 0 saturated heterocycles. The summed E-state index contributed by atoms with van der Waals surface area (Å²) in [5.74, 6) is 0.660. The third kappa shape index (κ3) is 3.60. The Balaban J connectivity index is 2.34. The number of hydrogen-bond donors (Lipinski definition) is 2. The quantitative estimate of drug-likeness (QED) is 0.824. The molecule has 21 heavy (non-hydrogen) atoms. The van der Waals surface area contributed by atoms with Crippen LogP contribution in [0.3, 0.4) is 0 Å². The molecule has 2 rings (SSSR count). The largest absolute Gasteiger partial charge is 0.399 e. The predicted molar refractivity (Wildman–Crippen MR) is 82.8 cm³/mol. The first-order chi connectivity index (χ1) is 9.78. The maximum absolute atomic E-state index is 12.3. The number of hydrogen-bond acceptors (Lipinski definition) is 6. The van der Waals surface area contributed by atoms with Gasteiger partial charge in [-0.05, 0) is 31.2 Å². The molecule has 1 heterocycles. The number of nitrogens with two attached hydrogens (primary N) is 1. The van der Waals surface area contributed by atoms with E-state index in [1.54, 1.807) is 17.9 Å². The summed E-state index contributed by atoms with van der Waals surface area (Å²) in [5.41, 5.74) is 6.72. The topological polar surface area (TPSA) is 101 Å². The van der Waals surface area contributed by atoms with Crippen LogP contribution in [0, 0.1) is 6.92 Å². The molecule has 112 valence electrons. The third-order valence-corrected chi connectivity index (χ3v) is 4.06. The zero-order chi connectivity index (χ0) is 15.6. The second-order valence-corrected chi connectivity index (χ2v) is 6.44. The molecule has 3 N–H and O–H groups in total. The van der Waals surface area contributed by atoms with Gasteiger partial charge in [-0.3, -0.25) is 0 Å². The SMILES string of the molecule is Cc1cc(N(C)C)nc(NS(=O)(=O)c2ccc(N)cc2)n1. The van der Waals surface area contributed by atoms with Gasteiger partial charge in [0.1, 0.15) is 5.82 Å². The number of nitrogen functional groups attached to an aromatic ring is 1. The first-order valence-electron chi connectivity index (χ1n) is 6.19. The molecule has 8 heteroatoms. The Morgan fingerprint density at radius 2 is 1.76 bits per heavy atom. The lowest BCUT2D eigenvalue weighted by Gasteiger charge is -2.14. The fraction of sp³-hybridized carbons (Fsp3) is 0.231. The van der Waals surface area contributed by atoms with Crippen LogP contribution >= 0.6 is 0 Å². The molecule has 2 aromatic rings. The number of anilines is 3. The van der Waals surface area contributed by atoms with Gasteiger partial charge in [0.2, 0.25) is 5.95 Å². The Morgan fingerprint density at radius 3 is 2.33 bits per heavy atom. The van der Waals surface area contributed by atoms with Gasteiger partial charge in [-0.2, -0.15) is 4.98 Å². The van der Waals surface area contributed by atoms with Crippen molar-refractivity contribution in [1.82, 2.24) is 9.97 Å². The van der Waals surface area contributed by atoms with Crippen molar-refractivity contribution in [1.29, 1.82) is 0 Å². The molecule has 0 bridgehead atoms. The van der Waals surface area contributed by atoms with Crippen LogP contribution in [0.25, 0.3) is 0 Å². The molecule has 0 spiro atoms. The van der Waals surface area contributed by atoms with Gasteiger partial charge in [-0.25, -0.2) is 18.1 Å². The van der Waals surface area contributed by atoms with E-state index in [0.29, 0.717) is 17.2 Å². The van der Waals surface area contributed by atoms with Crippen LogP contribution in [0.2, 0.25) is 0 Å². The highest BCUT2D eigenvalue weighted by Gasteiger charge is 2.16. The van der Waals surface area contributed by atoms with Crippen molar-refractivity contribution in [2.45, 2.75) is 11.8 Å². The molecule has 1 aromatic heterocycles. The average molecular weight is 307 g/mol. The van der Waals surface area contributed by atoms with E-state index in [1.807, 2.05) is 14.1 Å². The zero-order valence-corrected chi connectivity index (χ0v) is 12.8. The smallest absolute Gasteiger partial charge is 0.264 e. The standard InChI is InChI=1S/C13H17N5O2S/c1-9-8-12(18(2)3)16-13(15-9)17-21(19,20)11-6-4-10(14)5-7-11/h4-8H,14H2,1-3H3,(H,15,16,17). The summed E-state index contributed by atoms with van der Waals surface area (Å²) in [6.45, 7) is 1.77. The van der Waals surface area contributed by atoms with E-state index >= 15 is 0 Å².